The van der Waals surface area contributed by atoms with Gasteiger partial charge in [-0.1, -0.05) is 69.6 Å². The number of nitrogens with two attached hydrogens (primary N) is 1. The molecule has 0 bridgehead atoms. The van der Waals surface area contributed by atoms with E-state index in [2.05, 4.69) is 140 Å². The predicted molar refractivity (Wildman–Crippen MR) is 550 cm³/mol. The molecule has 18 rings (SSSR count). The van der Waals surface area contributed by atoms with Crippen LogP contribution in [0.25, 0.3) is 130 Å². The molecule has 2 aliphatic rings. The van der Waals surface area contributed by atoms with Crippen LogP contribution in [-0.2, 0) is 26.3 Å². The number of carbonyl (C=O) groups excluding carboxylic acids is 5. The number of nitrogens with zero attached hydrogens (tertiary/aromatic N) is 17. The van der Waals surface area contributed by atoms with E-state index in [4.69, 9.17) is 10.5 Å². The van der Waals surface area contributed by atoms with E-state index < -0.39 is 35.4 Å². The summed E-state index contributed by atoms with van der Waals surface area (Å²) in [6, 6.07) is 37.1. The molecule has 2 aliphatic heterocycles. The second-order valence-corrected chi connectivity index (χ2v) is 38.4. The van der Waals surface area contributed by atoms with Crippen LogP contribution in [0.1, 0.15) is 96.6 Å². The molecule has 4 aromatic carbocycles. The molecule has 16 aromatic rings. The third kappa shape index (κ3) is 25.7. The number of thiazole rings is 4. The van der Waals surface area contributed by atoms with Crippen molar-refractivity contribution >= 4 is 148 Å². The number of Topliss-reactive ketones (excluding diaryl/α,β-unsaturated/α-hetero) is 1. The minimum atomic E-state index is -3.13. The van der Waals surface area contributed by atoms with Gasteiger partial charge in [0.15, 0.2) is 49.6 Å². The monoisotopic (exact) mass is 2020 g/mol. The predicted octanol–water partition coefficient (Wildman–Crippen LogP) is 15.5. The lowest BCUT2D eigenvalue weighted by atomic mass is 9.90. The number of rotatable bonds is 29. The molecular formula is C98H103F2N27O10S5. The Kier molecular flexibility index (Phi) is 34.3. The number of piperidine rings is 1. The quantitative estimate of drug-likeness (QED) is 0.0194. The molecule has 0 aliphatic carbocycles. The summed E-state index contributed by atoms with van der Waals surface area (Å²) in [4.78, 5) is 134. The number of amides is 8. The molecule has 734 valence electrons. The van der Waals surface area contributed by atoms with Gasteiger partial charge in [-0.15, -0.1) is 0 Å². The Hall–Kier alpha value is -14.0. The number of alkyl halides is 2. The number of urea groups is 4. The molecule has 12 aromatic heterocycles. The van der Waals surface area contributed by atoms with Gasteiger partial charge in [-0.3, -0.25) is 46.0 Å². The number of aliphatic hydroxyl groups excluding tert-OH is 2. The van der Waals surface area contributed by atoms with Crippen LogP contribution in [0.4, 0.5) is 48.5 Å². The fourth-order valence-corrected chi connectivity index (χ4v) is 20.1. The first-order valence-corrected chi connectivity index (χ1v) is 50.0. The maximum absolute atomic E-state index is 12.7. The zero-order valence-corrected chi connectivity index (χ0v) is 82.3. The van der Waals surface area contributed by atoms with E-state index in [1.807, 2.05) is 162 Å². The average molecular weight is 2020 g/mol. The first-order chi connectivity index (χ1) is 68.7. The maximum Gasteiger partial charge on any atom is 0.321 e. The number of hydrogen-bond acceptors (Lipinski definition) is 34. The molecule has 2 atom stereocenters. The summed E-state index contributed by atoms with van der Waals surface area (Å²) < 4.78 is 34.8. The molecule has 37 nitrogen and oxygen atoms in total. The fourth-order valence-electron chi connectivity index (χ4n) is 15.1. The van der Waals surface area contributed by atoms with Gasteiger partial charge >= 0.3 is 24.1 Å². The minimum Gasteiger partial charge on any atom is -0.384 e. The Morgan fingerprint density at radius 2 is 0.768 bits per heavy atom. The van der Waals surface area contributed by atoms with Crippen molar-refractivity contribution in [3.8, 4) is 89.5 Å². The molecule has 2 fully saturated rings. The Bertz CT molecular complexity index is 7020. The third-order valence-electron chi connectivity index (χ3n) is 22.5. The van der Waals surface area contributed by atoms with E-state index in [9.17, 15) is 53.2 Å². The van der Waals surface area contributed by atoms with E-state index in [0.717, 1.165) is 133 Å². The van der Waals surface area contributed by atoms with Gasteiger partial charge in [0.05, 0.1) is 70.2 Å². The summed E-state index contributed by atoms with van der Waals surface area (Å²) in [6.07, 6.45) is 15.3. The highest BCUT2D eigenvalue weighted by Gasteiger charge is 2.38. The number of likely N-dealkylation sites (tertiary alicyclic amines) is 1. The lowest BCUT2D eigenvalue weighted by Gasteiger charge is -2.35. The van der Waals surface area contributed by atoms with Crippen molar-refractivity contribution in [1.82, 2.24) is 111 Å². The lowest BCUT2D eigenvalue weighted by molar-refractivity contribution is -0.129. The van der Waals surface area contributed by atoms with E-state index in [1.54, 1.807) is 74.1 Å². The number of thioether (sulfide) groups is 1. The van der Waals surface area contributed by atoms with Crippen LogP contribution in [-0.4, -0.2) is 232 Å². The van der Waals surface area contributed by atoms with Gasteiger partial charge in [0.2, 0.25) is 0 Å². The summed E-state index contributed by atoms with van der Waals surface area (Å²) in [7, 11) is 2.05. The standard InChI is InChI=1S/C27H32N8O3S.C25H27N7O2S.C24H24N6O2S2.C22H20F2N6O3S/c1-4-30-25(37)35-26-34-22-12-17(11-20(23(22)39-26)21-7-5-6-9-31-21)18-13-32-24(33-14-18)27(2,3)38-16-19(36)15-29-10-8-28;1-3-26-23(33)31-24-30-20-13-16(12-18(21(20)35-24)19-6-4-5-9-27-19)17-14-28-22(29-15-17)25(34)7-10-32(2)11-8-25;1-2-25-22(31)30-23-29-19-12-15(11-17(20(19)34-23)18-5-3-4-8-26-18)16-13-27-21(28-14-16)24(32)6-9-33-10-7-24;1-2-25-21(33)30-22-29-15-8-11(7-13(18(15)34-22)14-5-3-4-6-26-14)12-9-27-20(28-10-12)17(32)16(31)19(23)24/h5-7,9,11-14,29H,4,8,10,15-16,28H2,1-3H3,(H2,30,34,35,37);4-6,9,12-15,34H,3,7-8,10-11H2,1-2H3,(H2,26,30,31,33);3-5,8,11-14,32H,2,6-7,9-10H2,1H3,(H2,25,29,30,31);3-10,16-17,19,31-32H,2H2,1H3,(H2,25,29,30,33). The highest BCUT2D eigenvalue weighted by Crippen LogP contribution is 2.45. The van der Waals surface area contributed by atoms with E-state index in [1.165, 1.54) is 57.7 Å². The van der Waals surface area contributed by atoms with Crippen molar-refractivity contribution in [1.29, 1.82) is 0 Å². The number of aliphatic hydroxyl groups is 4. The van der Waals surface area contributed by atoms with Crippen molar-refractivity contribution in [3.05, 3.63) is 219 Å². The molecule has 0 saturated carbocycles. The number of pyridine rings is 4. The summed E-state index contributed by atoms with van der Waals surface area (Å²) in [5.41, 5.74) is 18.3. The average Bonchev–Trinajstić information content (AvgIpc) is 1.63. The number of ketones is 1. The van der Waals surface area contributed by atoms with Crippen LogP contribution in [0.3, 0.4) is 0 Å². The molecule has 2 unspecified atom stereocenters. The van der Waals surface area contributed by atoms with Gasteiger partial charge in [-0.25, -0.2) is 87.8 Å². The Morgan fingerprint density at radius 3 is 1.07 bits per heavy atom. The minimum absolute atomic E-state index is 0.0593. The van der Waals surface area contributed by atoms with Crippen LogP contribution in [0.5, 0.6) is 0 Å². The third-order valence-corrected chi connectivity index (χ3v) is 27.6. The van der Waals surface area contributed by atoms with Crippen LogP contribution in [0.2, 0.25) is 0 Å². The van der Waals surface area contributed by atoms with Gasteiger partial charge in [0.25, 0.3) is 6.43 Å². The first kappa shape index (κ1) is 102. The molecule has 15 N–H and O–H groups in total. The number of fused-ring (bicyclic) bond motifs is 4. The van der Waals surface area contributed by atoms with Crippen LogP contribution in [0, 0.1) is 0 Å². The van der Waals surface area contributed by atoms with E-state index in [-0.39, 0.29) is 48.9 Å². The van der Waals surface area contributed by atoms with Crippen molar-refractivity contribution < 1.29 is 57.9 Å². The highest BCUT2D eigenvalue weighted by molar-refractivity contribution is 7.99. The van der Waals surface area contributed by atoms with Crippen molar-refractivity contribution in [2.75, 3.05) is 105 Å². The first-order valence-electron chi connectivity index (χ1n) is 45.5. The van der Waals surface area contributed by atoms with Gasteiger partial charge < -0.3 is 62.4 Å². The van der Waals surface area contributed by atoms with Crippen LogP contribution in [0.15, 0.2) is 196 Å². The molecular weight excluding hydrogens is 1910 g/mol. The van der Waals surface area contributed by atoms with Crippen molar-refractivity contribution in [2.24, 2.45) is 5.73 Å². The van der Waals surface area contributed by atoms with Crippen molar-refractivity contribution in [3.63, 3.8) is 0 Å². The fraction of sp³-hybridized carbons (Fsp3) is 0.296. The zero-order valence-electron chi connectivity index (χ0n) is 78.2. The lowest BCUT2D eigenvalue weighted by Crippen LogP contribution is -2.41. The second kappa shape index (κ2) is 47.5. The molecule has 8 amide bonds. The number of aromatic nitrogens is 16. The molecule has 0 spiro atoms. The molecule has 14 heterocycles. The number of ether oxygens (including phenoxy) is 1. The van der Waals surface area contributed by atoms with Crippen LogP contribution >= 0.6 is 57.1 Å². The Morgan fingerprint density at radius 1 is 0.451 bits per heavy atom. The second-order valence-electron chi connectivity index (χ2n) is 33.1. The number of hydrogen-bond donors (Lipinski definition) is 14. The molecule has 142 heavy (non-hydrogen) atoms. The number of halogens is 2. The summed E-state index contributed by atoms with van der Waals surface area (Å²) in [6.45, 7) is 15.9. The smallest absolute Gasteiger partial charge is 0.321 e. The maximum atomic E-state index is 12.7. The van der Waals surface area contributed by atoms with Gasteiger partial charge in [-0.05, 0) is 205 Å². The normalized spacial score (nSPS) is 13.8. The number of anilines is 4. The summed E-state index contributed by atoms with van der Waals surface area (Å²) in [5, 5.41) is 68.1. The van der Waals surface area contributed by atoms with Gasteiger partial charge in [0.1, 0.15) is 35.6 Å². The largest absolute Gasteiger partial charge is 0.384 e. The van der Waals surface area contributed by atoms with E-state index in [0.29, 0.717) is 125 Å². The summed E-state index contributed by atoms with van der Waals surface area (Å²) in [5.74, 6) is 2.82. The zero-order chi connectivity index (χ0) is 100. The number of nitrogens with one attached hydrogen (secondary N) is 9. The van der Waals surface area contributed by atoms with E-state index >= 15 is 0 Å². The topological polar surface area (TPSA) is 519 Å². The Balaban J connectivity index is 0.000000143. The molecule has 2 saturated heterocycles. The number of benzene rings is 4. The van der Waals surface area contributed by atoms with Gasteiger partial charge in [-0.2, -0.15) is 11.8 Å². The van der Waals surface area contributed by atoms with Crippen molar-refractivity contribution in [2.45, 2.75) is 103 Å². The summed E-state index contributed by atoms with van der Waals surface area (Å²) >= 11 is 7.35. The molecule has 0 radical (unpaired) electrons. The Labute approximate surface area is 834 Å². The molecule has 44 heteroatoms. The van der Waals surface area contributed by atoms with Crippen LogP contribution < -0.4 is 53.6 Å². The number of carbonyl (C=O) groups is 5. The van der Waals surface area contributed by atoms with Gasteiger partial charge in [0, 0.05) is 171 Å². The SMILES string of the molecule is CCNC(=O)Nc1nc2cc(-c3cnc(C(C)(C)OCC(=O)CNCCN)nc3)cc(-c3ccccn3)c2s1.CCNC(=O)Nc1nc2cc(-c3cnc(C(O)C(O)C(F)F)nc3)cc(-c3ccccn3)c2s1.CCNC(=O)Nc1nc2cc(-c3cnc(C4(O)CCN(C)CC4)nc3)cc(-c3ccccn3)c2s1.CCNC(=O)Nc1nc2cc(-c3cnc(C4(O)CCSCC4)nc3)cc(-c3ccccn3)c2s1. The highest BCUT2D eigenvalue weighted by atomic mass is 32.2.